The second-order valence-corrected chi connectivity index (χ2v) is 8.01. The van der Waals surface area contributed by atoms with E-state index in [4.69, 9.17) is 4.74 Å². The van der Waals surface area contributed by atoms with Crippen molar-refractivity contribution in [2.75, 3.05) is 6.54 Å². The molecule has 1 aromatic rings. The van der Waals surface area contributed by atoms with E-state index in [0.717, 1.165) is 13.0 Å². The van der Waals surface area contributed by atoms with Gasteiger partial charge in [-0.1, -0.05) is 30.3 Å². The molecule has 1 aromatic carbocycles. The Kier molecular flexibility index (Phi) is 4.58. The standard InChI is InChI=1S/C19H28N2O3/c1-12(13-8-6-5-7-9-13)21-11-14-10-15(22)17(21)16(14)20-18(23)24-19(2,3)4/h5-9,12,14-17,22H,10-11H2,1-4H3,(H,20,23)/t12-,14+,15-,16+,17+/m0/s1. The molecule has 1 aliphatic heterocycles. The van der Waals surface area contributed by atoms with Crippen LogP contribution in [0.5, 0.6) is 0 Å². The summed E-state index contributed by atoms with van der Waals surface area (Å²) in [4.78, 5) is 14.5. The maximum Gasteiger partial charge on any atom is 0.407 e. The number of benzene rings is 1. The van der Waals surface area contributed by atoms with E-state index in [9.17, 15) is 9.90 Å². The number of hydrogen-bond acceptors (Lipinski definition) is 4. The number of nitrogens with one attached hydrogen (secondary N) is 1. The van der Waals surface area contributed by atoms with Gasteiger partial charge in [0.2, 0.25) is 0 Å². The van der Waals surface area contributed by atoms with Crippen molar-refractivity contribution in [1.29, 1.82) is 0 Å². The molecule has 2 aliphatic rings. The molecule has 0 unspecified atom stereocenters. The van der Waals surface area contributed by atoms with Crippen molar-refractivity contribution < 1.29 is 14.6 Å². The molecule has 2 N–H and O–H groups in total. The third-order valence-electron chi connectivity index (χ3n) is 5.11. The number of aliphatic hydroxyl groups excluding tert-OH is 1. The first-order valence-corrected chi connectivity index (χ1v) is 8.74. The Morgan fingerprint density at radius 2 is 2.00 bits per heavy atom. The fourth-order valence-electron chi connectivity index (χ4n) is 4.11. The van der Waals surface area contributed by atoms with Crippen molar-refractivity contribution in [3.63, 3.8) is 0 Å². The Hall–Kier alpha value is -1.59. The van der Waals surface area contributed by atoms with Crippen molar-refractivity contribution >= 4 is 6.09 Å². The monoisotopic (exact) mass is 332 g/mol. The van der Waals surface area contributed by atoms with Crippen LogP contribution in [0, 0.1) is 5.92 Å². The Labute approximate surface area is 144 Å². The second-order valence-electron chi connectivity index (χ2n) is 8.01. The number of carbonyl (C=O) groups excluding carboxylic acids is 1. The van der Waals surface area contributed by atoms with E-state index in [2.05, 4.69) is 29.3 Å². The number of rotatable bonds is 3. The Bertz CT molecular complexity index is 584. The molecule has 1 saturated carbocycles. The molecule has 5 nitrogen and oxygen atoms in total. The number of nitrogens with zero attached hydrogens (tertiary/aromatic N) is 1. The van der Waals surface area contributed by atoms with Crippen LogP contribution in [0.15, 0.2) is 30.3 Å². The summed E-state index contributed by atoms with van der Waals surface area (Å²) < 4.78 is 5.39. The number of fused-ring (bicyclic) bond motifs is 2. The smallest absolute Gasteiger partial charge is 0.407 e. The van der Waals surface area contributed by atoms with Gasteiger partial charge in [0, 0.05) is 12.6 Å². The average Bonchev–Trinajstić information content (AvgIpc) is 2.98. The molecule has 5 heteroatoms. The summed E-state index contributed by atoms with van der Waals surface area (Å²) in [6, 6.07) is 10.4. The number of aliphatic hydroxyl groups is 1. The minimum absolute atomic E-state index is 0.0546. The van der Waals surface area contributed by atoms with Crippen molar-refractivity contribution in [2.45, 2.75) is 63.9 Å². The number of alkyl carbamates (subject to hydrolysis) is 1. The van der Waals surface area contributed by atoms with Crippen LogP contribution in [-0.2, 0) is 4.74 Å². The summed E-state index contributed by atoms with van der Waals surface area (Å²) in [5, 5.41) is 13.5. The maximum absolute atomic E-state index is 12.2. The first kappa shape index (κ1) is 17.2. The van der Waals surface area contributed by atoms with Crippen molar-refractivity contribution in [2.24, 2.45) is 5.92 Å². The first-order valence-electron chi connectivity index (χ1n) is 8.74. The first-order chi connectivity index (χ1) is 11.3. The third-order valence-corrected chi connectivity index (χ3v) is 5.11. The van der Waals surface area contributed by atoms with Gasteiger partial charge in [-0.2, -0.15) is 0 Å². The third kappa shape index (κ3) is 3.42. The van der Waals surface area contributed by atoms with Crippen molar-refractivity contribution in [3.05, 3.63) is 35.9 Å². The largest absolute Gasteiger partial charge is 0.444 e. The number of piperidine rings is 1. The zero-order chi connectivity index (χ0) is 17.5. The fraction of sp³-hybridized carbons (Fsp3) is 0.632. The van der Waals surface area contributed by atoms with Crippen LogP contribution in [0.4, 0.5) is 4.79 Å². The molecule has 1 aliphatic carbocycles. The van der Waals surface area contributed by atoms with Crippen LogP contribution in [0.3, 0.4) is 0 Å². The normalized spacial score (nSPS) is 31.0. The van der Waals surface area contributed by atoms with Gasteiger partial charge in [-0.3, -0.25) is 4.90 Å². The molecule has 1 saturated heterocycles. The highest BCUT2D eigenvalue weighted by Crippen LogP contribution is 2.42. The van der Waals surface area contributed by atoms with Gasteiger partial charge in [0.25, 0.3) is 0 Å². The molecule has 3 rings (SSSR count). The van der Waals surface area contributed by atoms with Gasteiger partial charge in [-0.05, 0) is 45.6 Å². The molecule has 132 valence electrons. The average molecular weight is 332 g/mol. The van der Waals surface area contributed by atoms with Gasteiger partial charge >= 0.3 is 6.09 Å². The topological polar surface area (TPSA) is 61.8 Å². The lowest BCUT2D eigenvalue weighted by Crippen LogP contribution is -2.49. The van der Waals surface area contributed by atoms with Gasteiger partial charge < -0.3 is 15.2 Å². The SMILES string of the molecule is C[C@@H](c1ccccc1)N1C[C@H]2C[C@H](O)[C@@H]1[C@@H]2NC(=O)OC(C)(C)C. The van der Waals surface area contributed by atoms with E-state index in [-0.39, 0.29) is 24.0 Å². The summed E-state index contributed by atoms with van der Waals surface area (Å²) in [6.45, 7) is 8.61. The summed E-state index contributed by atoms with van der Waals surface area (Å²) >= 11 is 0. The van der Waals surface area contributed by atoms with Crippen LogP contribution in [-0.4, -0.2) is 46.4 Å². The molecule has 5 atom stereocenters. The van der Waals surface area contributed by atoms with E-state index in [1.807, 2.05) is 39.0 Å². The van der Waals surface area contributed by atoms with Gasteiger partial charge in [-0.25, -0.2) is 4.79 Å². The predicted molar refractivity (Wildman–Crippen MR) is 92.6 cm³/mol. The minimum Gasteiger partial charge on any atom is -0.444 e. The zero-order valence-electron chi connectivity index (χ0n) is 14.9. The van der Waals surface area contributed by atoms with Crippen molar-refractivity contribution in [3.8, 4) is 0 Å². The summed E-state index contributed by atoms with van der Waals surface area (Å²) in [6.07, 6.45) is -0.0657. The predicted octanol–water partition coefficient (Wildman–Crippen LogP) is 2.71. The van der Waals surface area contributed by atoms with Crippen molar-refractivity contribution in [1.82, 2.24) is 10.2 Å². The highest BCUT2D eigenvalue weighted by molar-refractivity contribution is 5.68. The molecule has 2 bridgehead atoms. The highest BCUT2D eigenvalue weighted by Gasteiger charge is 2.54. The molecular weight excluding hydrogens is 304 g/mol. The maximum atomic E-state index is 12.2. The number of likely N-dealkylation sites (tertiary alicyclic amines) is 1. The zero-order valence-corrected chi connectivity index (χ0v) is 14.9. The molecule has 0 aromatic heterocycles. The van der Waals surface area contributed by atoms with E-state index in [1.165, 1.54) is 5.56 Å². The minimum atomic E-state index is -0.516. The van der Waals surface area contributed by atoms with E-state index in [0.29, 0.717) is 0 Å². The second kappa shape index (κ2) is 6.37. The van der Waals surface area contributed by atoms with Gasteiger partial charge in [-0.15, -0.1) is 0 Å². The summed E-state index contributed by atoms with van der Waals surface area (Å²) in [7, 11) is 0. The molecule has 0 radical (unpaired) electrons. The van der Waals surface area contributed by atoms with E-state index in [1.54, 1.807) is 0 Å². The molecule has 0 spiro atoms. The van der Waals surface area contributed by atoms with Crippen LogP contribution < -0.4 is 5.32 Å². The van der Waals surface area contributed by atoms with Gasteiger partial charge in [0.15, 0.2) is 0 Å². The van der Waals surface area contributed by atoms with Crippen LogP contribution in [0.2, 0.25) is 0 Å². The van der Waals surface area contributed by atoms with Crippen LogP contribution in [0.1, 0.15) is 45.7 Å². The number of hydrogen-bond donors (Lipinski definition) is 2. The highest BCUT2D eigenvalue weighted by atomic mass is 16.6. The van der Waals surface area contributed by atoms with Crippen LogP contribution >= 0.6 is 0 Å². The lowest BCUT2D eigenvalue weighted by Gasteiger charge is -2.36. The molecule has 1 amide bonds. The molecule has 1 heterocycles. The Morgan fingerprint density at radius 3 is 2.62 bits per heavy atom. The van der Waals surface area contributed by atoms with E-state index >= 15 is 0 Å². The quantitative estimate of drug-likeness (QED) is 0.893. The number of carbonyl (C=O) groups is 1. The fourth-order valence-corrected chi connectivity index (χ4v) is 4.11. The van der Waals surface area contributed by atoms with Gasteiger partial charge in [0.05, 0.1) is 18.2 Å². The molecule has 24 heavy (non-hydrogen) atoms. The van der Waals surface area contributed by atoms with E-state index < -0.39 is 17.8 Å². The number of ether oxygens (including phenoxy) is 1. The Balaban J connectivity index is 1.71. The number of amides is 1. The molecule has 2 fully saturated rings. The Morgan fingerprint density at radius 1 is 1.33 bits per heavy atom. The lowest BCUT2D eigenvalue weighted by molar-refractivity contribution is 0.0295. The summed E-state index contributed by atoms with van der Waals surface area (Å²) in [5.41, 5.74) is 0.713. The molecular formula is C19H28N2O3. The summed E-state index contributed by atoms with van der Waals surface area (Å²) in [5.74, 6) is 0.267. The lowest BCUT2D eigenvalue weighted by atomic mass is 10.0. The van der Waals surface area contributed by atoms with Crippen LogP contribution in [0.25, 0.3) is 0 Å². The van der Waals surface area contributed by atoms with Gasteiger partial charge in [0.1, 0.15) is 5.60 Å².